The molecule has 0 atom stereocenters. The molecule has 6 nitrogen and oxygen atoms in total. The molecule has 1 aliphatic rings. The highest BCUT2D eigenvalue weighted by atomic mass is 32.2. The Kier molecular flexibility index (Phi) is 3.27. The highest BCUT2D eigenvalue weighted by Crippen LogP contribution is 2.39. The van der Waals surface area contributed by atoms with Crippen LogP contribution < -0.4 is 20.8 Å². The lowest BCUT2D eigenvalue weighted by Gasteiger charge is -2.19. The quantitative estimate of drug-likeness (QED) is 0.645. The van der Waals surface area contributed by atoms with Crippen molar-refractivity contribution in [1.82, 2.24) is 9.97 Å². The van der Waals surface area contributed by atoms with Crippen molar-refractivity contribution in [1.29, 1.82) is 0 Å². The number of H-pyrrole nitrogens is 1. The standard InChI is InChI=1S/C13H13N3O3S/c1-7-4-12(17)16-13(15-7)20-11-6-10-9(5-8(11)14)18-2-3-19-10/h4-6H,2-3,14H2,1H3,(H,15,16,17). The first-order chi connectivity index (χ1) is 9.61. The molecule has 0 amide bonds. The third-order valence-corrected chi connectivity index (χ3v) is 3.69. The van der Waals surface area contributed by atoms with Crippen LogP contribution in [0.15, 0.2) is 33.0 Å². The highest BCUT2D eigenvalue weighted by molar-refractivity contribution is 7.99. The molecule has 1 aromatic carbocycles. The number of nitrogen functional groups attached to an aromatic ring is 1. The third-order valence-electron chi connectivity index (χ3n) is 2.73. The molecule has 2 aromatic rings. The van der Waals surface area contributed by atoms with E-state index in [4.69, 9.17) is 15.2 Å². The van der Waals surface area contributed by atoms with E-state index in [2.05, 4.69) is 9.97 Å². The Morgan fingerprint density at radius 3 is 2.65 bits per heavy atom. The molecule has 1 aliphatic heterocycles. The third kappa shape index (κ3) is 2.57. The average Bonchev–Trinajstić information content (AvgIpc) is 2.38. The summed E-state index contributed by atoms with van der Waals surface area (Å²) in [6.07, 6.45) is 0. The molecule has 2 heterocycles. The fourth-order valence-electron chi connectivity index (χ4n) is 1.88. The van der Waals surface area contributed by atoms with Crippen LogP contribution >= 0.6 is 11.8 Å². The summed E-state index contributed by atoms with van der Waals surface area (Å²) in [5.74, 6) is 1.30. The number of fused-ring (bicyclic) bond motifs is 1. The molecular formula is C13H13N3O3S. The topological polar surface area (TPSA) is 90.2 Å². The first kappa shape index (κ1) is 12.9. The maximum Gasteiger partial charge on any atom is 0.251 e. The summed E-state index contributed by atoms with van der Waals surface area (Å²) in [6.45, 7) is 2.80. The van der Waals surface area contributed by atoms with Gasteiger partial charge in [-0.15, -0.1) is 0 Å². The van der Waals surface area contributed by atoms with Crippen molar-refractivity contribution in [2.75, 3.05) is 18.9 Å². The smallest absolute Gasteiger partial charge is 0.251 e. The Bertz CT molecular complexity index is 714. The number of aromatic nitrogens is 2. The van der Waals surface area contributed by atoms with E-state index < -0.39 is 0 Å². The van der Waals surface area contributed by atoms with E-state index in [1.807, 2.05) is 0 Å². The molecule has 0 radical (unpaired) electrons. The minimum Gasteiger partial charge on any atom is -0.486 e. The Morgan fingerprint density at radius 2 is 1.95 bits per heavy atom. The molecule has 7 heteroatoms. The van der Waals surface area contributed by atoms with Crippen LogP contribution in [0.25, 0.3) is 0 Å². The number of benzene rings is 1. The second-order valence-corrected chi connectivity index (χ2v) is 5.36. The molecule has 20 heavy (non-hydrogen) atoms. The van der Waals surface area contributed by atoms with Gasteiger partial charge in [0.1, 0.15) is 13.2 Å². The van der Waals surface area contributed by atoms with E-state index in [0.717, 1.165) is 4.90 Å². The monoisotopic (exact) mass is 291 g/mol. The van der Waals surface area contributed by atoms with Gasteiger partial charge in [-0.1, -0.05) is 0 Å². The zero-order valence-electron chi connectivity index (χ0n) is 10.8. The van der Waals surface area contributed by atoms with Crippen LogP contribution in [0.2, 0.25) is 0 Å². The summed E-state index contributed by atoms with van der Waals surface area (Å²) >= 11 is 1.29. The Hall–Kier alpha value is -2.15. The van der Waals surface area contributed by atoms with Crippen LogP contribution in [-0.4, -0.2) is 23.2 Å². The molecule has 0 spiro atoms. The number of hydrogen-bond donors (Lipinski definition) is 2. The van der Waals surface area contributed by atoms with E-state index in [9.17, 15) is 4.79 Å². The Labute approximate surface area is 119 Å². The number of aromatic amines is 1. The van der Waals surface area contributed by atoms with Crippen LogP contribution in [0.5, 0.6) is 11.5 Å². The molecule has 104 valence electrons. The number of hydrogen-bond acceptors (Lipinski definition) is 6. The largest absolute Gasteiger partial charge is 0.486 e. The lowest BCUT2D eigenvalue weighted by Crippen LogP contribution is -2.15. The second-order valence-electron chi connectivity index (χ2n) is 4.33. The maximum absolute atomic E-state index is 11.4. The molecular weight excluding hydrogens is 278 g/mol. The van der Waals surface area contributed by atoms with Crippen LogP contribution in [0.1, 0.15) is 5.69 Å². The number of nitrogens with two attached hydrogens (primary N) is 1. The number of aryl methyl sites for hydroxylation is 1. The highest BCUT2D eigenvalue weighted by Gasteiger charge is 2.16. The molecule has 0 unspecified atom stereocenters. The zero-order valence-corrected chi connectivity index (χ0v) is 11.6. The normalized spacial score (nSPS) is 13.2. The summed E-state index contributed by atoms with van der Waals surface area (Å²) in [4.78, 5) is 19.1. The minimum absolute atomic E-state index is 0.184. The van der Waals surface area contributed by atoms with Gasteiger partial charge in [-0.25, -0.2) is 4.98 Å². The van der Waals surface area contributed by atoms with Gasteiger partial charge in [0.15, 0.2) is 16.7 Å². The summed E-state index contributed by atoms with van der Waals surface area (Å²) in [6, 6.07) is 4.97. The van der Waals surface area contributed by atoms with Gasteiger partial charge in [-0.2, -0.15) is 0 Å². The van der Waals surface area contributed by atoms with Gasteiger partial charge in [-0.05, 0) is 18.7 Å². The fourth-order valence-corrected chi connectivity index (χ4v) is 2.77. The minimum atomic E-state index is -0.184. The predicted molar refractivity (Wildman–Crippen MR) is 75.6 cm³/mol. The lowest BCUT2D eigenvalue weighted by molar-refractivity contribution is 0.171. The molecule has 3 N–H and O–H groups in total. The summed E-state index contributed by atoms with van der Waals surface area (Å²) in [5, 5.41) is 0.498. The van der Waals surface area contributed by atoms with Crippen molar-refractivity contribution in [2.24, 2.45) is 0 Å². The number of rotatable bonds is 2. The zero-order chi connectivity index (χ0) is 14.1. The van der Waals surface area contributed by atoms with E-state index in [1.165, 1.54) is 17.8 Å². The molecule has 0 fully saturated rings. The number of nitrogens with one attached hydrogen (secondary N) is 1. The van der Waals surface area contributed by atoms with Gasteiger partial charge >= 0.3 is 0 Å². The predicted octanol–water partition coefficient (Wildman–Crippen LogP) is 1.58. The maximum atomic E-state index is 11.4. The van der Waals surface area contributed by atoms with Crippen molar-refractivity contribution in [3.8, 4) is 11.5 Å². The molecule has 3 rings (SSSR count). The Morgan fingerprint density at radius 1 is 1.25 bits per heavy atom. The SMILES string of the molecule is Cc1cc(=O)[nH]c(Sc2cc3c(cc2N)OCCO3)n1. The Balaban J connectivity index is 1.96. The fraction of sp³-hybridized carbons (Fsp3) is 0.231. The lowest BCUT2D eigenvalue weighted by atomic mass is 10.2. The molecule has 1 aromatic heterocycles. The molecule has 0 aliphatic carbocycles. The van der Waals surface area contributed by atoms with Crippen LogP contribution in [-0.2, 0) is 0 Å². The number of ether oxygens (including phenoxy) is 2. The van der Waals surface area contributed by atoms with Crippen molar-refractivity contribution in [3.05, 3.63) is 34.2 Å². The van der Waals surface area contributed by atoms with E-state index in [-0.39, 0.29) is 5.56 Å². The second kappa shape index (κ2) is 5.09. The van der Waals surface area contributed by atoms with E-state index >= 15 is 0 Å². The van der Waals surface area contributed by atoms with Crippen molar-refractivity contribution < 1.29 is 9.47 Å². The average molecular weight is 291 g/mol. The van der Waals surface area contributed by atoms with Gasteiger partial charge < -0.3 is 20.2 Å². The summed E-state index contributed by atoms with van der Waals surface area (Å²) < 4.78 is 11.0. The van der Waals surface area contributed by atoms with E-state index in [0.29, 0.717) is 41.3 Å². The molecule has 0 saturated heterocycles. The van der Waals surface area contributed by atoms with Gasteiger partial charge in [0.2, 0.25) is 0 Å². The van der Waals surface area contributed by atoms with Crippen LogP contribution in [0.3, 0.4) is 0 Å². The number of nitrogens with zero attached hydrogens (tertiary/aromatic N) is 1. The summed E-state index contributed by atoms with van der Waals surface area (Å²) in [7, 11) is 0. The summed E-state index contributed by atoms with van der Waals surface area (Å²) in [5.41, 5.74) is 7.03. The van der Waals surface area contributed by atoms with Crippen molar-refractivity contribution >= 4 is 17.4 Å². The van der Waals surface area contributed by atoms with Crippen LogP contribution in [0, 0.1) is 6.92 Å². The van der Waals surface area contributed by atoms with Crippen molar-refractivity contribution in [2.45, 2.75) is 17.0 Å². The van der Waals surface area contributed by atoms with Gasteiger partial charge in [0, 0.05) is 34.5 Å². The van der Waals surface area contributed by atoms with Crippen LogP contribution in [0.4, 0.5) is 5.69 Å². The molecule has 0 bridgehead atoms. The number of anilines is 1. The molecule has 0 saturated carbocycles. The first-order valence-electron chi connectivity index (χ1n) is 6.07. The van der Waals surface area contributed by atoms with Gasteiger partial charge in [-0.3, -0.25) is 4.79 Å². The first-order valence-corrected chi connectivity index (χ1v) is 6.88. The van der Waals surface area contributed by atoms with Gasteiger partial charge in [0.25, 0.3) is 5.56 Å². The van der Waals surface area contributed by atoms with Crippen molar-refractivity contribution in [3.63, 3.8) is 0 Å². The van der Waals surface area contributed by atoms with E-state index in [1.54, 1.807) is 19.1 Å². The van der Waals surface area contributed by atoms with Gasteiger partial charge in [0.05, 0.1) is 0 Å².